The minimum atomic E-state index is -1.18. The lowest BCUT2D eigenvalue weighted by molar-refractivity contribution is -0.148. The van der Waals surface area contributed by atoms with E-state index in [-0.39, 0.29) is 11.5 Å². The highest BCUT2D eigenvalue weighted by molar-refractivity contribution is 6.04. The fourth-order valence-electron chi connectivity index (χ4n) is 3.06. The van der Waals surface area contributed by atoms with Crippen LogP contribution in [0.25, 0.3) is 0 Å². The summed E-state index contributed by atoms with van der Waals surface area (Å²) >= 11 is 0. The van der Waals surface area contributed by atoms with Crippen molar-refractivity contribution < 1.29 is 23.9 Å². The summed E-state index contributed by atoms with van der Waals surface area (Å²) in [6.07, 6.45) is 3.45. The van der Waals surface area contributed by atoms with Gasteiger partial charge < -0.3 is 14.8 Å². The number of ketones is 1. The van der Waals surface area contributed by atoms with Gasteiger partial charge in [0.05, 0.1) is 5.56 Å². The fraction of sp³-hybridized carbons (Fsp3) is 0.533. The molecule has 2 aliphatic carbocycles. The van der Waals surface area contributed by atoms with E-state index in [0.717, 1.165) is 12.8 Å². The Hall–Kier alpha value is -2.11. The van der Waals surface area contributed by atoms with Crippen LogP contribution in [-0.2, 0) is 11.2 Å². The number of furan rings is 1. The summed E-state index contributed by atoms with van der Waals surface area (Å²) in [7, 11) is 0. The average Bonchev–Trinajstić information content (AvgIpc) is 2.72. The second-order valence-corrected chi connectivity index (χ2v) is 5.83. The van der Waals surface area contributed by atoms with E-state index in [9.17, 15) is 19.5 Å². The first-order chi connectivity index (χ1) is 9.94. The Morgan fingerprint density at radius 3 is 2.48 bits per heavy atom. The predicted octanol–water partition coefficient (Wildman–Crippen LogP) is 1.84. The summed E-state index contributed by atoms with van der Waals surface area (Å²) in [5.41, 5.74) is -0.155. The van der Waals surface area contributed by atoms with Crippen molar-refractivity contribution in [1.29, 1.82) is 0 Å². The van der Waals surface area contributed by atoms with Gasteiger partial charge in [0, 0.05) is 18.4 Å². The Kier molecular flexibility index (Phi) is 3.11. The molecule has 6 nitrogen and oxygen atoms in total. The van der Waals surface area contributed by atoms with E-state index in [1.54, 1.807) is 6.92 Å². The molecule has 0 radical (unpaired) electrons. The second-order valence-electron chi connectivity index (χ2n) is 5.83. The number of carbonyl (C=O) groups is 3. The maximum Gasteiger partial charge on any atom is 0.329 e. The lowest BCUT2D eigenvalue weighted by Crippen LogP contribution is -2.59. The van der Waals surface area contributed by atoms with Crippen molar-refractivity contribution in [2.75, 3.05) is 0 Å². The predicted molar refractivity (Wildman–Crippen MR) is 72.4 cm³/mol. The van der Waals surface area contributed by atoms with Crippen LogP contribution >= 0.6 is 0 Å². The minimum Gasteiger partial charge on any atom is -0.480 e. The third-order valence-electron chi connectivity index (χ3n) is 4.48. The SMILES string of the molecule is Cc1c(C(=O)NC2(C(=O)O)CCC2)oc2c1C(=O)CCC2. The van der Waals surface area contributed by atoms with Gasteiger partial charge in [0.1, 0.15) is 11.3 Å². The molecule has 6 heteroatoms. The number of carboxylic acid groups (broad SMARTS) is 1. The molecule has 0 saturated heterocycles. The Morgan fingerprint density at radius 2 is 1.95 bits per heavy atom. The smallest absolute Gasteiger partial charge is 0.329 e. The third-order valence-corrected chi connectivity index (χ3v) is 4.48. The first-order valence-corrected chi connectivity index (χ1v) is 7.16. The summed E-state index contributed by atoms with van der Waals surface area (Å²) in [5.74, 6) is -0.952. The standard InChI is InChI=1S/C15H17NO5/c1-8-11-9(17)4-2-5-10(11)21-12(8)13(18)16-15(14(19)20)6-3-7-15/h2-7H2,1H3,(H,16,18)(H,19,20). The molecule has 0 aliphatic heterocycles. The van der Waals surface area contributed by atoms with Gasteiger partial charge >= 0.3 is 5.97 Å². The van der Waals surface area contributed by atoms with Gasteiger partial charge in [-0.05, 0) is 32.6 Å². The average molecular weight is 291 g/mol. The fourth-order valence-corrected chi connectivity index (χ4v) is 3.06. The van der Waals surface area contributed by atoms with E-state index in [1.807, 2.05) is 0 Å². The van der Waals surface area contributed by atoms with Crippen molar-refractivity contribution in [2.24, 2.45) is 0 Å². The van der Waals surface area contributed by atoms with E-state index >= 15 is 0 Å². The van der Waals surface area contributed by atoms with Crippen molar-refractivity contribution in [3.8, 4) is 0 Å². The van der Waals surface area contributed by atoms with Gasteiger partial charge in [-0.25, -0.2) is 4.79 Å². The number of amides is 1. The van der Waals surface area contributed by atoms with Crippen LogP contribution < -0.4 is 5.32 Å². The number of Topliss-reactive ketones (excluding diaryl/α,β-unsaturated/α-hetero) is 1. The van der Waals surface area contributed by atoms with Crippen molar-refractivity contribution in [3.63, 3.8) is 0 Å². The number of hydrogen-bond acceptors (Lipinski definition) is 4. The summed E-state index contributed by atoms with van der Waals surface area (Å²) in [6.45, 7) is 1.68. The highest BCUT2D eigenvalue weighted by Gasteiger charge is 2.46. The molecule has 1 aromatic rings. The van der Waals surface area contributed by atoms with Crippen LogP contribution in [0, 0.1) is 6.92 Å². The number of nitrogens with one attached hydrogen (secondary N) is 1. The monoisotopic (exact) mass is 291 g/mol. The van der Waals surface area contributed by atoms with Crippen molar-refractivity contribution in [2.45, 2.75) is 51.0 Å². The molecular weight excluding hydrogens is 274 g/mol. The van der Waals surface area contributed by atoms with Gasteiger partial charge in [-0.1, -0.05) is 0 Å². The van der Waals surface area contributed by atoms with Crippen molar-refractivity contribution in [1.82, 2.24) is 5.32 Å². The molecule has 3 rings (SSSR count). The second kappa shape index (κ2) is 4.72. The molecule has 2 N–H and O–H groups in total. The normalized spacial score (nSPS) is 19.6. The van der Waals surface area contributed by atoms with Crippen LogP contribution in [0.4, 0.5) is 0 Å². The summed E-state index contributed by atoms with van der Waals surface area (Å²) in [4.78, 5) is 35.5. The molecule has 1 amide bonds. The molecule has 112 valence electrons. The van der Waals surface area contributed by atoms with E-state index < -0.39 is 17.4 Å². The number of carbonyl (C=O) groups excluding carboxylic acids is 2. The summed E-state index contributed by atoms with van der Waals surface area (Å²) < 4.78 is 5.54. The van der Waals surface area contributed by atoms with Crippen molar-refractivity contribution >= 4 is 17.7 Å². The molecule has 21 heavy (non-hydrogen) atoms. The maximum atomic E-state index is 12.3. The van der Waals surface area contributed by atoms with Gasteiger partial charge in [-0.3, -0.25) is 9.59 Å². The zero-order valence-electron chi connectivity index (χ0n) is 11.8. The Labute approximate surface area is 121 Å². The highest BCUT2D eigenvalue weighted by Crippen LogP contribution is 2.34. The first-order valence-electron chi connectivity index (χ1n) is 7.16. The molecule has 0 aromatic carbocycles. The van der Waals surface area contributed by atoms with E-state index in [2.05, 4.69) is 5.32 Å². The molecule has 0 atom stereocenters. The molecule has 0 spiro atoms. The van der Waals surface area contributed by atoms with Crippen LogP contribution in [-0.4, -0.2) is 28.3 Å². The zero-order chi connectivity index (χ0) is 15.2. The van der Waals surface area contributed by atoms with Crippen LogP contribution in [0.15, 0.2) is 4.42 Å². The van der Waals surface area contributed by atoms with Crippen LogP contribution in [0.1, 0.15) is 64.3 Å². The highest BCUT2D eigenvalue weighted by atomic mass is 16.4. The molecule has 1 aromatic heterocycles. The molecule has 1 fully saturated rings. The molecule has 2 aliphatic rings. The number of aliphatic carboxylic acids is 1. The Morgan fingerprint density at radius 1 is 1.24 bits per heavy atom. The van der Waals surface area contributed by atoms with E-state index in [1.165, 1.54) is 0 Å². The van der Waals surface area contributed by atoms with Gasteiger partial charge in [0.15, 0.2) is 11.5 Å². The number of rotatable bonds is 3. The summed E-state index contributed by atoms with van der Waals surface area (Å²) in [6, 6.07) is 0. The molecule has 0 bridgehead atoms. The lowest BCUT2D eigenvalue weighted by atomic mass is 9.76. The zero-order valence-corrected chi connectivity index (χ0v) is 11.8. The Bertz CT molecular complexity index is 639. The number of carboxylic acids is 1. The molecule has 1 saturated carbocycles. The maximum absolute atomic E-state index is 12.3. The first kappa shape index (κ1) is 13.9. The van der Waals surface area contributed by atoms with Gasteiger partial charge in [0.25, 0.3) is 5.91 Å². The number of aryl methyl sites for hydroxylation is 1. The summed E-state index contributed by atoms with van der Waals surface area (Å²) in [5, 5.41) is 11.8. The van der Waals surface area contributed by atoms with Gasteiger partial charge in [-0.15, -0.1) is 0 Å². The minimum absolute atomic E-state index is 0.00635. The lowest BCUT2D eigenvalue weighted by Gasteiger charge is -2.37. The van der Waals surface area contributed by atoms with E-state index in [4.69, 9.17) is 4.42 Å². The number of fused-ring (bicyclic) bond motifs is 1. The van der Waals surface area contributed by atoms with E-state index in [0.29, 0.717) is 42.6 Å². The number of hydrogen-bond donors (Lipinski definition) is 2. The van der Waals surface area contributed by atoms with Crippen LogP contribution in [0.5, 0.6) is 0 Å². The van der Waals surface area contributed by atoms with Gasteiger partial charge in [-0.2, -0.15) is 0 Å². The molecule has 0 unspecified atom stereocenters. The molecular formula is C15H17NO5. The van der Waals surface area contributed by atoms with Crippen molar-refractivity contribution in [3.05, 3.63) is 22.6 Å². The van der Waals surface area contributed by atoms with Crippen LogP contribution in [0.3, 0.4) is 0 Å². The van der Waals surface area contributed by atoms with Gasteiger partial charge in [0.2, 0.25) is 0 Å². The largest absolute Gasteiger partial charge is 0.480 e. The molecule has 1 heterocycles. The topological polar surface area (TPSA) is 96.6 Å². The third kappa shape index (κ3) is 2.05. The Balaban J connectivity index is 1.89. The van der Waals surface area contributed by atoms with Crippen LogP contribution in [0.2, 0.25) is 0 Å². The quantitative estimate of drug-likeness (QED) is 0.885.